The minimum absolute atomic E-state index is 0.112. The first-order valence-corrected chi connectivity index (χ1v) is 13.7. The van der Waals surface area contributed by atoms with Crippen molar-refractivity contribution >= 4 is 16.9 Å². The van der Waals surface area contributed by atoms with E-state index in [2.05, 4.69) is 75.6 Å². The van der Waals surface area contributed by atoms with Crippen molar-refractivity contribution in [1.82, 2.24) is 20.1 Å². The smallest absolute Gasteiger partial charge is 0.323 e. The zero-order valence-corrected chi connectivity index (χ0v) is 21.9. The molecule has 0 bridgehead atoms. The van der Waals surface area contributed by atoms with Crippen LogP contribution in [0.5, 0.6) is 0 Å². The van der Waals surface area contributed by atoms with Crippen molar-refractivity contribution in [3.8, 4) is 0 Å². The van der Waals surface area contributed by atoms with Gasteiger partial charge in [-0.15, -0.1) is 0 Å². The quantitative estimate of drug-likeness (QED) is 0.501. The van der Waals surface area contributed by atoms with E-state index in [4.69, 9.17) is 9.47 Å². The Bertz CT molecular complexity index is 1230. The minimum Gasteiger partial charge on any atom is -0.468 e. The Labute approximate surface area is 219 Å². The van der Waals surface area contributed by atoms with Crippen molar-refractivity contribution in [2.75, 3.05) is 46.5 Å². The number of esters is 1. The molecule has 37 heavy (non-hydrogen) atoms. The zero-order chi connectivity index (χ0) is 25.4. The summed E-state index contributed by atoms with van der Waals surface area (Å²) >= 11 is 0. The molecule has 0 amide bonds. The monoisotopic (exact) mass is 502 g/mol. The van der Waals surface area contributed by atoms with Crippen LogP contribution in [-0.4, -0.2) is 79.3 Å². The van der Waals surface area contributed by atoms with E-state index in [0.717, 1.165) is 57.8 Å². The first-order valence-electron chi connectivity index (χ1n) is 13.7. The first-order chi connectivity index (χ1) is 18.1. The third kappa shape index (κ3) is 4.81. The Morgan fingerprint density at radius 3 is 2.62 bits per heavy atom. The number of piperidine rings is 1. The van der Waals surface area contributed by atoms with Crippen molar-refractivity contribution in [2.24, 2.45) is 0 Å². The largest absolute Gasteiger partial charge is 0.468 e. The Balaban J connectivity index is 1.35. The van der Waals surface area contributed by atoms with Crippen molar-refractivity contribution in [3.05, 3.63) is 70.9 Å². The molecule has 4 heterocycles. The number of hydrogen-bond acceptors (Lipinski definition) is 6. The number of para-hydroxylation sites is 1. The van der Waals surface area contributed by atoms with Gasteiger partial charge >= 0.3 is 5.97 Å². The number of methoxy groups -OCH3 is 1. The lowest BCUT2D eigenvalue weighted by molar-refractivity contribution is -0.152. The number of benzene rings is 2. The summed E-state index contributed by atoms with van der Waals surface area (Å²) in [6.45, 7) is 7.78. The molecule has 0 radical (unpaired) electrons. The van der Waals surface area contributed by atoms with Gasteiger partial charge in [0.2, 0.25) is 0 Å². The van der Waals surface area contributed by atoms with Crippen molar-refractivity contribution in [3.63, 3.8) is 0 Å². The van der Waals surface area contributed by atoms with Gasteiger partial charge in [0.1, 0.15) is 6.04 Å². The highest BCUT2D eigenvalue weighted by Crippen LogP contribution is 2.48. The van der Waals surface area contributed by atoms with Gasteiger partial charge in [-0.25, -0.2) is 0 Å². The normalized spacial score (nSPS) is 26.5. The van der Waals surface area contributed by atoms with Crippen LogP contribution in [0.25, 0.3) is 10.9 Å². The molecule has 7 heteroatoms. The molecule has 2 N–H and O–H groups in total. The molecule has 3 aliphatic rings. The molecule has 0 unspecified atom stereocenters. The van der Waals surface area contributed by atoms with Gasteiger partial charge in [-0.1, -0.05) is 48.0 Å². The minimum atomic E-state index is -0.303. The van der Waals surface area contributed by atoms with Crippen LogP contribution in [0.15, 0.2) is 48.5 Å². The van der Waals surface area contributed by atoms with Crippen LogP contribution in [0.1, 0.15) is 47.3 Å². The van der Waals surface area contributed by atoms with Gasteiger partial charge in [0.05, 0.1) is 26.4 Å². The van der Waals surface area contributed by atoms with Crippen LogP contribution in [-0.2, 0) is 20.7 Å². The topological polar surface area (TPSA) is 69.8 Å². The Kier molecular flexibility index (Phi) is 7.04. The number of nitrogens with zero attached hydrogens (tertiary/aromatic N) is 2. The lowest BCUT2D eigenvalue weighted by atomic mass is 9.79. The predicted molar refractivity (Wildman–Crippen MR) is 145 cm³/mol. The van der Waals surface area contributed by atoms with Crippen LogP contribution in [0.2, 0.25) is 0 Å². The number of aryl methyl sites for hydroxylation is 1. The molecule has 2 aromatic carbocycles. The number of hydrogen-bond donors (Lipinski definition) is 2. The lowest BCUT2D eigenvalue weighted by Gasteiger charge is -2.51. The van der Waals surface area contributed by atoms with Crippen molar-refractivity contribution in [2.45, 2.75) is 50.4 Å². The van der Waals surface area contributed by atoms with E-state index in [-0.39, 0.29) is 24.1 Å². The number of morpholine rings is 1. The maximum atomic E-state index is 13.2. The molecule has 0 aliphatic carbocycles. The molecule has 196 valence electrons. The molecule has 0 saturated carbocycles. The van der Waals surface area contributed by atoms with Crippen LogP contribution < -0.4 is 5.32 Å². The second-order valence-electron chi connectivity index (χ2n) is 10.8. The summed E-state index contributed by atoms with van der Waals surface area (Å²) in [7, 11) is 1.52. The zero-order valence-electron chi connectivity index (χ0n) is 21.9. The average molecular weight is 503 g/mol. The summed E-state index contributed by atoms with van der Waals surface area (Å²) in [6.07, 6.45) is 2.59. The van der Waals surface area contributed by atoms with E-state index >= 15 is 0 Å². The number of aromatic amines is 1. The lowest BCUT2D eigenvalue weighted by Crippen LogP contribution is -2.56. The highest BCUT2D eigenvalue weighted by atomic mass is 16.5. The molecule has 0 spiro atoms. The number of carbonyl (C=O) groups excluding carboxylic acids is 1. The van der Waals surface area contributed by atoms with E-state index in [9.17, 15) is 4.79 Å². The number of rotatable bonds is 6. The van der Waals surface area contributed by atoms with Crippen molar-refractivity contribution < 1.29 is 14.3 Å². The van der Waals surface area contributed by atoms with Crippen LogP contribution in [0, 0.1) is 6.92 Å². The van der Waals surface area contributed by atoms with Gasteiger partial charge in [-0.2, -0.15) is 0 Å². The molecular weight excluding hydrogens is 464 g/mol. The Hall–Kier alpha value is -2.71. The summed E-state index contributed by atoms with van der Waals surface area (Å²) in [6, 6.07) is 17.6. The highest BCUT2D eigenvalue weighted by molar-refractivity contribution is 5.87. The highest BCUT2D eigenvalue weighted by Gasteiger charge is 2.48. The first kappa shape index (κ1) is 24.6. The van der Waals surface area contributed by atoms with Gasteiger partial charge in [0, 0.05) is 61.3 Å². The second kappa shape index (κ2) is 10.6. The van der Waals surface area contributed by atoms with Crippen LogP contribution in [0.4, 0.5) is 0 Å². The average Bonchev–Trinajstić information content (AvgIpc) is 3.32. The fourth-order valence-corrected chi connectivity index (χ4v) is 6.68. The summed E-state index contributed by atoms with van der Waals surface area (Å²) in [5.74, 6) is -0.142. The number of aromatic nitrogens is 1. The van der Waals surface area contributed by atoms with Gasteiger partial charge in [0.25, 0.3) is 0 Å². The third-order valence-corrected chi connectivity index (χ3v) is 8.57. The van der Waals surface area contributed by atoms with E-state index in [0.29, 0.717) is 12.5 Å². The third-order valence-electron chi connectivity index (χ3n) is 8.57. The van der Waals surface area contributed by atoms with E-state index in [1.807, 2.05) is 0 Å². The van der Waals surface area contributed by atoms with Gasteiger partial charge in [-0.3, -0.25) is 14.6 Å². The molecular formula is C30H38N4O3. The number of nitrogens with one attached hydrogen (secondary N) is 2. The fraction of sp³-hybridized carbons (Fsp3) is 0.500. The summed E-state index contributed by atoms with van der Waals surface area (Å²) in [5, 5.41) is 5.12. The molecule has 1 aromatic heterocycles. The van der Waals surface area contributed by atoms with Gasteiger partial charge < -0.3 is 19.8 Å². The molecule has 2 saturated heterocycles. The van der Waals surface area contributed by atoms with E-state index in [1.165, 1.54) is 34.9 Å². The van der Waals surface area contributed by atoms with Gasteiger partial charge in [-0.05, 0) is 37.0 Å². The second-order valence-corrected chi connectivity index (χ2v) is 10.8. The molecule has 3 aromatic rings. The van der Waals surface area contributed by atoms with E-state index in [1.54, 1.807) is 0 Å². The molecule has 4 atom stereocenters. The predicted octanol–water partition coefficient (Wildman–Crippen LogP) is 3.74. The Morgan fingerprint density at radius 1 is 1.08 bits per heavy atom. The fourth-order valence-electron chi connectivity index (χ4n) is 6.68. The standard InChI is InChI=1S/C30H38N4O3/c1-20-7-9-21(10-8-20)26-17-22(31-11-12-33-13-15-37-16-14-33)18-27-29-24(19-28(34(26)27)30(35)36-2)23-5-3-4-6-25(23)32-29/h3-10,22,26-28,31-32H,11-19H2,1-2H3/t22-,26-,27+,28-/m0/s1. The summed E-state index contributed by atoms with van der Waals surface area (Å²) < 4.78 is 10.9. The number of carbonyl (C=O) groups is 1. The molecule has 3 aliphatic heterocycles. The molecule has 6 rings (SSSR count). The molecule has 7 nitrogen and oxygen atoms in total. The maximum absolute atomic E-state index is 13.2. The number of H-pyrrole nitrogens is 1. The number of ether oxygens (including phenoxy) is 2. The van der Waals surface area contributed by atoms with Crippen molar-refractivity contribution in [1.29, 1.82) is 0 Å². The van der Waals surface area contributed by atoms with Crippen LogP contribution >= 0.6 is 0 Å². The Morgan fingerprint density at radius 2 is 1.84 bits per heavy atom. The van der Waals surface area contributed by atoms with Gasteiger partial charge in [0.15, 0.2) is 0 Å². The van der Waals surface area contributed by atoms with Crippen LogP contribution in [0.3, 0.4) is 0 Å². The molecule has 2 fully saturated rings. The maximum Gasteiger partial charge on any atom is 0.323 e. The number of fused-ring (bicyclic) bond motifs is 5. The summed E-state index contributed by atoms with van der Waals surface area (Å²) in [4.78, 5) is 21.9. The SMILES string of the molecule is COC(=O)[C@@H]1Cc2c([nH]c3ccccc23)[C@H]2C[C@@H](NCCN3CCOCC3)C[C@@H](c3ccc(C)cc3)N21. The van der Waals surface area contributed by atoms with E-state index < -0.39 is 0 Å². The summed E-state index contributed by atoms with van der Waals surface area (Å²) in [5.41, 5.74) is 6.19.